The van der Waals surface area contributed by atoms with E-state index in [2.05, 4.69) is 15.4 Å². The monoisotopic (exact) mass is 618 g/mol. The number of hydrogen-bond acceptors (Lipinski definition) is 8. The lowest BCUT2D eigenvalue weighted by Crippen LogP contribution is -2.52. The van der Waals surface area contributed by atoms with Gasteiger partial charge in [0.1, 0.15) is 17.9 Å². The second-order valence-corrected chi connectivity index (χ2v) is 14.1. The van der Waals surface area contributed by atoms with Gasteiger partial charge in [-0.15, -0.1) is 0 Å². The molecule has 1 heterocycles. The number of carbonyl (C=O) groups excluding carboxylic acids is 4. The van der Waals surface area contributed by atoms with Crippen LogP contribution in [0.5, 0.6) is 5.75 Å². The molecule has 1 aromatic rings. The first-order valence-electron chi connectivity index (χ1n) is 14.8. The predicted molar refractivity (Wildman–Crippen MR) is 160 cm³/mol. The zero-order valence-corrected chi connectivity index (χ0v) is 25.8. The molecule has 1 aliphatic heterocycles. The van der Waals surface area contributed by atoms with E-state index >= 15 is 0 Å². The van der Waals surface area contributed by atoms with Crippen LogP contribution in [0.2, 0.25) is 0 Å². The number of sulfonamides is 1. The van der Waals surface area contributed by atoms with E-state index in [1.165, 1.54) is 7.11 Å². The quantitative estimate of drug-likeness (QED) is 0.410. The van der Waals surface area contributed by atoms with Crippen LogP contribution in [0.1, 0.15) is 64.7 Å². The Morgan fingerprint density at radius 1 is 1.07 bits per heavy atom. The molecule has 0 radical (unpaired) electrons. The van der Waals surface area contributed by atoms with Gasteiger partial charge >= 0.3 is 6.09 Å². The van der Waals surface area contributed by atoms with E-state index in [0.717, 1.165) is 19.3 Å². The molecule has 12 nitrogen and oxygen atoms in total. The van der Waals surface area contributed by atoms with Crippen molar-refractivity contribution in [2.45, 2.75) is 81.6 Å². The fourth-order valence-electron chi connectivity index (χ4n) is 5.47. The van der Waals surface area contributed by atoms with Crippen molar-refractivity contribution >= 4 is 39.5 Å². The average molecular weight is 619 g/mol. The van der Waals surface area contributed by atoms with Crippen molar-refractivity contribution in [3.63, 3.8) is 0 Å². The highest BCUT2D eigenvalue weighted by atomic mass is 32.2. The molecular weight excluding hydrogens is 576 g/mol. The van der Waals surface area contributed by atoms with E-state index in [1.807, 2.05) is 12.2 Å². The maximum Gasteiger partial charge on any atom is 0.411 e. The van der Waals surface area contributed by atoms with E-state index in [-0.39, 0.29) is 25.2 Å². The zero-order valence-electron chi connectivity index (χ0n) is 25.0. The lowest BCUT2D eigenvalue weighted by Gasteiger charge is -2.26. The zero-order chi connectivity index (χ0) is 31.2. The molecule has 4 unspecified atom stereocenters. The third-order valence-corrected chi connectivity index (χ3v) is 10.7. The molecule has 13 heteroatoms. The molecule has 3 N–H and O–H groups in total. The minimum absolute atomic E-state index is 0.0756. The Bertz CT molecular complexity index is 1340. The molecule has 236 valence electrons. The summed E-state index contributed by atoms with van der Waals surface area (Å²) in [4.78, 5) is 54.7. The number of amides is 4. The maximum atomic E-state index is 13.7. The molecule has 4 rings (SSSR count). The Kier molecular flexibility index (Phi) is 10.4. The van der Waals surface area contributed by atoms with Crippen molar-refractivity contribution in [3.8, 4) is 5.75 Å². The smallest absolute Gasteiger partial charge is 0.411 e. The molecule has 0 saturated heterocycles. The van der Waals surface area contributed by atoms with Crippen molar-refractivity contribution in [2.75, 3.05) is 26.0 Å². The molecule has 2 saturated carbocycles. The molecule has 0 bridgehead atoms. The van der Waals surface area contributed by atoms with Gasteiger partial charge in [-0.2, -0.15) is 0 Å². The standard InChI is InChI=1S/C30H42N4O8S/c1-30(14-15-30)43(39,40)33-27(36)25-13-8-6-4-5-7-9-16-34(2)28(37)24-19-22(18-23(24)26(35)32-25)42-29(38)31-20-11-10-12-21(17-20)41-3/h4,6,10-12,17,22-25H,5,7-9,13-16,18-19H2,1-3H3,(H,31,38)(H,32,35)(H,33,36). The molecule has 4 amide bonds. The molecule has 2 fully saturated rings. The third-order valence-electron chi connectivity index (χ3n) is 8.51. The number of rotatable bonds is 6. The van der Waals surface area contributed by atoms with Crippen molar-refractivity contribution in [1.82, 2.24) is 14.9 Å². The van der Waals surface area contributed by atoms with Crippen molar-refractivity contribution < 1.29 is 37.1 Å². The SMILES string of the molecule is COc1cccc(NC(=O)OC2CC3C(=O)NC(C(=O)NS(=O)(=O)C4(C)CC4)CCC=CCCCCN(C)C(=O)C3C2)c1. The van der Waals surface area contributed by atoms with E-state index in [0.29, 0.717) is 37.2 Å². The fraction of sp³-hybridized carbons (Fsp3) is 0.600. The summed E-state index contributed by atoms with van der Waals surface area (Å²) in [6.45, 7) is 2.09. The second-order valence-electron chi connectivity index (χ2n) is 11.9. The van der Waals surface area contributed by atoms with Crippen LogP contribution in [0.15, 0.2) is 36.4 Å². The summed E-state index contributed by atoms with van der Waals surface area (Å²) >= 11 is 0. The Labute approximate surface area is 253 Å². The number of nitrogens with one attached hydrogen (secondary N) is 3. The van der Waals surface area contributed by atoms with Crippen molar-refractivity contribution in [2.24, 2.45) is 11.8 Å². The van der Waals surface area contributed by atoms with Gasteiger partial charge in [0.2, 0.25) is 21.8 Å². The van der Waals surface area contributed by atoms with Crippen molar-refractivity contribution in [1.29, 1.82) is 0 Å². The Balaban J connectivity index is 1.50. The van der Waals surface area contributed by atoms with Gasteiger partial charge in [0.05, 0.1) is 23.7 Å². The molecular formula is C30H42N4O8S. The first-order valence-corrected chi connectivity index (χ1v) is 16.3. The molecule has 3 aliphatic rings. The maximum absolute atomic E-state index is 13.7. The lowest BCUT2D eigenvalue weighted by molar-refractivity contribution is -0.140. The van der Waals surface area contributed by atoms with E-state index in [1.54, 1.807) is 43.1 Å². The van der Waals surface area contributed by atoms with Crippen LogP contribution in [0.25, 0.3) is 0 Å². The number of benzene rings is 1. The third kappa shape index (κ3) is 8.27. The molecule has 0 aromatic heterocycles. The molecule has 1 aromatic carbocycles. The minimum Gasteiger partial charge on any atom is -0.497 e. The molecule has 0 spiro atoms. The highest BCUT2D eigenvalue weighted by Crippen LogP contribution is 2.42. The predicted octanol–water partition coefficient (Wildman–Crippen LogP) is 3.10. The van der Waals surface area contributed by atoms with Crippen LogP contribution in [-0.4, -0.2) is 74.7 Å². The average Bonchev–Trinajstić information content (AvgIpc) is 3.60. The summed E-state index contributed by atoms with van der Waals surface area (Å²) in [6, 6.07) is 5.63. The van der Waals surface area contributed by atoms with Crippen LogP contribution >= 0.6 is 0 Å². The fourth-order valence-corrected chi connectivity index (χ4v) is 6.76. The normalized spacial score (nSPS) is 26.3. The number of hydrogen-bond donors (Lipinski definition) is 3. The van der Waals surface area contributed by atoms with Gasteiger partial charge in [-0.1, -0.05) is 18.2 Å². The number of nitrogens with zero attached hydrogens (tertiary/aromatic N) is 1. The summed E-state index contributed by atoms with van der Waals surface area (Å²) in [6.07, 6.45) is 6.66. The number of anilines is 1. The molecule has 2 aliphatic carbocycles. The van der Waals surface area contributed by atoms with E-state index in [4.69, 9.17) is 9.47 Å². The van der Waals surface area contributed by atoms with Crippen LogP contribution in [0.3, 0.4) is 0 Å². The van der Waals surface area contributed by atoms with E-state index < -0.39 is 56.7 Å². The van der Waals surface area contributed by atoms with Gasteiger partial charge in [0.25, 0.3) is 5.91 Å². The van der Waals surface area contributed by atoms with Gasteiger partial charge < -0.3 is 19.7 Å². The summed E-state index contributed by atoms with van der Waals surface area (Å²) in [5, 5.41) is 5.37. The van der Waals surface area contributed by atoms with Gasteiger partial charge in [-0.05, 0) is 76.8 Å². The Morgan fingerprint density at radius 2 is 1.79 bits per heavy atom. The summed E-state index contributed by atoms with van der Waals surface area (Å²) in [5.74, 6) is -2.70. The van der Waals surface area contributed by atoms with Gasteiger partial charge in [-0.25, -0.2) is 13.2 Å². The number of methoxy groups -OCH3 is 1. The first-order chi connectivity index (χ1) is 20.4. The van der Waals surface area contributed by atoms with Crippen LogP contribution < -0.4 is 20.1 Å². The van der Waals surface area contributed by atoms with Crippen LogP contribution in [-0.2, 0) is 29.1 Å². The summed E-state index contributed by atoms with van der Waals surface area (Å²) in [5.41, 5.74) is 0.461. The van der Waals surface area contributed by atoms with Gasteiger partial charge in [-0.3, -0.25) is 24.4 Å². The minimum atomic E-state index is -3.91. The first kappa shape index (κ1) is 32.3. The van der Waals surface area contributed by atoms with Gasteiger partial charge in [0, 0.05) is 25.3 Å². The van der Waals surface area contributed by atoms with Crippen LogP contribution in [0.4, 0.5) is 10.5 Å². The highest BCUT2D eigenvalue weighted by molar-refractivity contribution is 7.91. The second kappa shape index (κ2) is 13.8. The molecule has 43 heavy (non-hydrogen) atoms. The number of ether oxygens (including phenoxy) is 2. The number of carbonyl (C=O) groups is 4. The topological polar surface area (TPSA) is 160 Å². The lowest BCUT2D eigenvalue weighted by atomic mass is 9.93. The molecule has 4 atom stereocenters. The highest BCUT2D eigenvalue weighted by Gasteiger charge is 2.51. The largest absolute Gasteiger partial charge is 0.497 e. The number of allylic oxidation sites excluding steroid dienone is 2. The van der Waals surface area contributed by atoms with Gasteiger partial charge in [0.15, 0.2) is 0 Å². The van der Waals surface area contributed by atoms with Crippen LogP contribution in [0, 0.1) is 11.8 Å². The summed E-state index contributed by atoms with van der Waals surface area (Å²) < 4.78 is 37.5. The van der Waals surface area contributed by atoms with E-state index in [9.17, 15) is 27.6 Å². The van der Waals surface area contributed by atoms with Crippen molar-refractivity contribution in [3.05, 3.63) is 36.4 Å². The Hall–Kier alpha value is -3.61. The summed E-state index contributed by atoms with van der Waals surface area (Å²) in [7, 11) is -0.705. The number of fused-ring (bicyclic) bond motifs is 1. The Morgan fingerprint density at radius 3 is 2.51 bits per heavy atom.